The topological polar surface area (TPSA) is 103 Å². The Bertz CT molecular complexity index is 1550. The molecule has 0 fully saturated rings. The number of hydrogen-bond acceptors (Lipinski definition) is 6. The zero-order chi connectivity index (χ0) is 25.2. The molecule has 0 bridgehead atoms. The van der Waals surface area contributed by atoms with Crippen molar-refractivity contribution in [2.45, 2.75) is 31.2 Å². The lowest BCUT2D eigenvalue weighted by Crippen LogP contribution is -2.36. The molecular formula is C26H22ClNO6S. The molecule has 0 unspecified atom stereocenters. The van der Waals surface area contributed by atoms with E-state index in [0.29, 0.717) is 17.4 Å². The third-order valence-electron chi connectivity index (χ3n) is 5.45. The predicted octanol–water partition coefficient (Wildman–Crippen LogP) is 4.94. The number of carbonyl (C=O) groups is 1. The fraction of sp³-hybridized carbons (Fsp3) is 0.154. The van der Waals surface area contributed by atoms with Crippen molar-refractivity contribution in [3.63, 3.8) is 0 Å². The molecule has 9 heteroatoms. The van der Waals surface area contributed by atoms with Gasteiger partial charge in [0.1, 0.15) is 11.6 Å². The summed E-state index contributed by atoms with van der Waals surface area (Å²) < 4.78 is 39.3. The van der Waals surface area contributed by atoms with Gasteiger partial charge in [-0.2, -0.15) is 4.72 Å². The number of hydrogen-bond donors (Lipinski definition) is 1. The maximum atomic E-state index is 13.3. The Morgan fingerprint density at radius 1 is 1.06 bits per heavy atom. The van der Waals surface area contributed by atoms with E-state index in [1.807, 2.05) is 13.8 Å². The maximum Gasteiger partial charge on any atom is 0.336 e. The number of benzene rings is 3. The van der Waals surface area contributed by atoms with E-state index in [2.05, 4.69) is 4.72 Å². The second-order valence-electron chi connectivity index (χ2n) is 7.92. The van der Waals surface area contributed by atoms with Crippen LogP contribution in [-0.4, -0.2) is 14.4 Å². The molecule has 0 aliphatic heterocycles. The molecule has 1 heterocycles. The van der Waals surface area contributed by atoms with Gasteiger partial charge < -0.3 is 9.15 Å². The second-order valence-corrected chi connectivity index (χ2v) is 10.0. The Balaban J connectivity index is 1.70. The molecular weight excluding hydrogens is 490 g/mol. The van der Waals surface area contributed by atoms with E-state index in [1.165, 1.54) is 24.3 Å². The van der Waals surface area contributed by atoms with Crippen LogP contribution in [0.2, 0.25) is 5.02 Å². The summed E-state index contributed by atoms with van der Waals surface area (Å²) >= 11 is 6.37. The van der Waals surface area contributed by atoms with Gasteiger partial charge in [0.15, 0.2) is 5.75 Å². The minimum Gasteiger partial charge on any atom is -0.423 e. The lowest BCUT2D eigenvalue weighted by atomic mass is 10.1. The summed E-state index contributed by atoms with van der Waals surface area (Å²) in [4.78, 5) is 25.2. The first-order chi connectivity index (χ1) is 16.7. The Morgan fingerprint density at radius 2 is 1.74 bits per heavy atom. The molecule has 0 amide bonds. The smallest absolute Gasteiger partial charge is 0.336 e. The molecule has 0 radical (unpaired) electrons. The number of rotatable bonds is 7. The van der Waals surface area contributed by atoms with Gasteiger partial charge in [-0.3, -0.25) is 0 Å². The van der Waals surface area contributed by atoms with Gasteiger partial charge in [0.25, 0.3) is 0 Å². The lowest BCUT2D eigenvalue weighted by molar-refractivity contribution is -0.136. The fourth-order valence-corrected chi connectivity index (χ4v) is 4.98. The predicted molar refractivity (Wildman–Crippen MR) is 133 cm³/mol. The van der Waals surface area contributed by atoms with Crippen LogP contribution < -0.4 is 15.1 Å². The van der Waals surface area contributed by atoms with Crippen molar-refractivity contribution < 1.29 is 22.4 Å². The average molecular weight is 512 g/mol. The van der Waals surface area contributed by atoms with Crippen LogP contribution in [-0.2, 0) is 21.2 Å². The molecule has 1 atom stereocenters. The van der Waals surface area contributed by atoms with Crippen LogP contribution >= 0.6 is 11.6 Å². The van der Waals surface area contributed by atoms with E-state index in [4.69, 9.17) is 20.8 Å². The van der Waals surface area contributed by atoms with E-state index >= 15 is 0 Å². The third kappa shape index (κ3) is 5.45. The van der Waals surface area contributed by atoms with E-state index in [0.717, 1.165) is 11.1 Å². The molecule has 3 aromatic carbocycles. The zero-order valence-electron chi connectivity index (χ0n) is 18.9. The summed E-state index contributed by atoms with van der Waals surface area (Å²) in [5.41, 5.74) is 1.68. The maximum absolute atomic E-state index is 13.3. The van der Waals surface area contributed by atoms with Crippen LogP contribution in [0.4, 0.5) is 0 Å². The number of halogens is 1. The number of carbonyl (C=O) groups excluding carboxylic acids is 1. The number of esters is 1. The molecule has 180 valence electrons. The summed E-state index contributed by atoms with van der Waals surface area (Å²) in [5, 5.41) is 0.735. The van der Waals surface area contributed by atoms with Gasteiger partial charge in [-0.15, -0.1) is 0 Å². The first-order valence-corrected chi connectivity index (χ1v) is 12.7. The number of sulfonamides is 1. The average Bonchev–Trinajstić information content (AvgIpc) is 2.83. The first-order valence-electron chi connectivity index (χ1n) is 10.8. The molecule has 0 aliphatic carbocycles. The highest BCUT2D eigenvalue weighted by atomic mass is 35.5. The molecule has 7 nitrogen and oxygen atoms in total. The van der Waals surface area contributed by atoms with Gasteiger partial charge in [-0.25, -0.2) is 18.0 Å². The van der Waals surface area contributed by atoms with Crippen molar-refractivity contribution in [2.75, 3.05) is 0 Å². The van der Waals surface area contributed by atoms with E-state index < -0.39 is 27.7 Å². The van der Waals surface area contributed by atoms with Gasteiger partial charge in [-0.1, -0.05) is 66.6 Å². The summed E-state index contributed by atoms with van der Waals surface area (Å²) in [6.45, 7) is 3.73. The van der Waals surface area contributed by atoms with E-state index in [1.54, 1.807) is 48.5 Å². The van der Waals surface area contributed by atoms with Crippen LogP contribution in [0.3, 0.4) is 0 Å². The highest BCUT2D eigenvalue weighted by Crippen LogP contribution is 2.32. The highest BCUT2D eigenvalue weighted by molar-refractivity contribution is 7.89. The molecule has 0 aliphatic rings. The number of fused-ring (bicyclic) bond motifs is 1. The Hall–Kier alpha value is -3.46. The SMILES string of the molecule is CCc1cc(=O)oc2cc(OC(=O)[C@H](NS(=O)(=O)c3ccc(C)cc3)c3ccccc3)c(Cl)cc12. The molecule has 4 aromatic rings. The molecule has 0 saturated carbocycles. The normalized spacial score (nSPS) is 12.4. The van der Waals surface area contributed by atoms with Crippen molar-refractivity contribution in [3.8, 4) is 5.75 Å². The Kier molecular flexibility index (Phi) is 7.07. The van der Waals surface area contributed by atoms with Gasteiger partial charge in [-0.05, 0) is 42.7 Å². The third-order valence-corrected chi connectivity index (χ3v) is 7.18. The summed E-state index contributed by atoms with van der Waals surface area (Å²) in [5.74, 6) is -0.960. The van der Waals surface area contributed by atoms with Crippen molar-refractivity contribution in [1.29, 1.82) is 0 Å². The minimum absolute atomic E-state index is 0.00874. The molecule has 1 aromatic heterocycles. The molecule has 35 heavy (non-hydrogen) atoms. The van der Waals surface area contributed by atoms with Crippen LogP contribution in [0.25, 0.3) is 11.0 Å². The number of aryl methyl sites for hydroxylation is 2. The van der Waals surface area contributed by atoms with Crippen LogP contribution in [0.15, 0.2) is 86.9 Å². The minimum atomic E-state index is -4.06. The monoisotopic (exact) mass is 511 g/mol. The van der Waals surface area contributed by atoms with Crippen molar-refractivity contribution in [2.24, 2.45) is 0 Å². The quantitative estimate of drug-likeness (QED) is 0.214. The van der Waals surface area contributed by atoms with Crippen molar-refractivity contribution >= 4 is 38.6 Å². The van der Waals surface area contributed by atoms with Crippen LogP contribution in [0, 0.1) is 6.92 Å². The molecule has 1 N–H and O–H groups in total. The molecule has 0 spiro atoms. The zero-order valence-corrected chi connectivity index (χ0v) is 20.5. The molecule has 0 saturated heterocycles. The van der Waals surface area contributed by atoms with E-state index in [-0.39, 0.29) is 21.3 Å². The Morgan fingerprint density at radius 3 is 2.40 bits per heavy atom. The number of nitrogens with one attached hydrogen (secondary N) is 1. The lowest BCUT2D eigenvalue weighted by Gasteiger charge is -2.19. The number of ether oxygens (including phenoxy) is 1. The van der Waals surface area contributed by atoms with Gasteiger partial charge in [0, 0.05) is 17.5 Å². The van der Waals surface area contributed by atoms with Crippen molar-refractivity contribution in [3.05, 3.63) is 105 Å². The van der Waals surface area contributed by atoms with E-state index in [9.17, 15) is 18.0 Å². The van der Waals surface area contributed by atoms with Gasteiger partial charge in [0.2, 0.25) is 10.0 Å². The second kappa shape index (κ2) is 10.0. The van der Waals surface area contributed by atoms with Gasteiger partial charge >= 0.3 is 11.6 Å². The standard InChI is InChI=1S/C26H22ClNO6S/c1-3-17-13-24(29)33-22-15-23(21(27)14-20(17)22)34-26(30)25(18-7-5-4-6-8-18)28-35(31,32)19-11-9-16(2)10-12-19/h4-15,25,28H,3H2,1-2H3/t25-/m1/s1. The Labute approximate surface area is 207 Å². The van der Waals surface area contributed by atoms with Crippen LogP contribution in [0.5, 0.6) is 5.75 Å². The largest absolute Gasteiger partial charge is 0.423 e. The van der Waals surface area contributed by atoms with Crippen molar-refractivity contribution in [1.82, 2.24) is 4.72 Å². The summed E-state index contributed by atoms with van der Waals surface area (Å²) in [7, 11) is -4.06. The van der Waals surface area contributed by atoms with Crippen LogP contribution in [0.1, 0.15) is 29.7 Å². The summed E-state index contributed by atoms with van der Waals surface area (Å²) in [6, 6.07) is 17.5. The summed E-state index contributed by atoms with van der Waals surface area (Å²) in [6.07, 6.45) is 0.578. The van der Waals surface area contributed by atoms with Gasteiger partial charge in [0.05, 0.1) is 9.92 Å². The molecule has 4 rings (SSSR count). The first kappa shape index (κ1) is 24.7. The fourth-order valence-electron chi connectivity index (χ4n) is 3.60. The highest BCUT2D eigenvalue weighted by Gasteiger charge is 2.29.